The van der Waals surface area contributed by atoms with Crippen LogP contribution in [0.15, 0.2) is 36.7 Å². The first kappa shape index (κ1) is 13.9. The van der Waals surface area contributed by atoms with Crippen LogP contribution >= 0.6 is 0 Å². The monoisotopic (exact) mass is 298 g/mol. The van der Waals surface area contributed by atoms with Gasteiger partial charge in [-0.05, 0) is 24.1 Å². The Labute approximate surface area is 126 Å². The lowest BCUT2D eigenvalue weighted by molar-refractivity contribution is 0.0695. The van der Waals surface area contributed by atoms with Crippen molar-refractivity contribution in [1.29, 1.82) is 0 Å². The number of aryl methyl sites for hydroxylation is 2. The highest BCUT2D eigenvalue weighted by atomic mass is 16.4. The number of nitrogen functional groups attached to an aromatic ring is 1. The molecule has 7 heteroatoms. The predicted molar refractivity (Wildman–Crippen MR) is 79.8 cm³/mol. The van der Waals surface area contributed by atoms with Crippen LogP contribution in [0.1, 0.15) is 15.9 Å². The zero-order valence-electron chi connectivity index (χ0n) is 11.6. The molecule has 0 radical (unpaired) electrons. The molecule has 0 aliphatic carbocycles. The van der Waals surface area contributed by atoms with Crippen LogP contribution in [0.2, 0.25) is 0 Å². The van der Waals surface area contributed by atoms with Crippen molar-refractivity contribution in [3.63, 3.8) is 0 Å². The zero-order valence-corrected chi connectivity index (χ0v) is 11.6. The van der Waals surface area contributed by atoms with E-state index in [0.29, 0.717) is 35.7 Å². The quantitative estimate of drug-likeness (QED) is 0.674. The standard InChI is InChI=1S/C15H14N4O3/c16-12-7-11-13(18-12)17-8-19(14(11)20)6-5-9-3-1-2-4-10(9)15(21)22/h1-4,7-8,20H,5-6,16H2,(H,21,22). The van der Waals surface area contributed by atoms with Crippen molar-refractivity contribution in [2.75, 3.05) is 5.73 Å². The van der Waals surface area contributed by atoms with Crippen LogP contribution in [0.3, 0.4) is 0 Å². The Morgan fingerprint density at radius 3 is 2.86 bits per heavy atom. The SMILES string of the molecule is Nc1cc2c(O)n(CCc3ccccc3C(=O)O)cnc-2n1. The number of fused-ring (bicyclic) bond motifs is 1. The molecule has 2 aliphatic rings. The average Bonchev–Trinajstić information content (AvgIpc) is 2.88. The van der Waals surface area contributed by atoms with Gasteiger partial charge in [0.05, 0.1) is 17.5 Å². The summed E-state index contributed by atoms with van der Waals surface area (Å²) >= 11 is 0. The number of aromatic carboxylic acids is 1. The molecule has 2 heterocycles. The second-order valence-corrected chi connectivity index (χ2v) is 4.89. The molecule has 7 nitrogen and oxygen atoms in total. The summed E-state index contributed by atoms with van der Waals surface area (Å²) in [4.78, 5) is 19.3. The van der Waals surface area contributed by atoms with E-state index >= 15 is 0 Å². The van der Waals surface area contributed by atoms with Gasteiger partial charge in [-0.25, -0.2) is 14.8 Å². The van der Waals surface area contributed by atoms with Crippen LogP contribution in [0.4, 0.5) is 5.82 Å². The Balaban J connectivity index is 1.88. The Hall–Kier alpha value is -3.09. The summed E-state index contributed by atoms with van der Waals surface area (Å²) in [5.41, 5.74) is 7.03. The fourth-order valence-electron chi connectivity index (χ4n) is 2.38. The van der Waals surface area contributed by atoms with Gasteiger partial charge in [-0.2, -0.15) is 0 Å². The van der Waals surface area contributed by atoms with E-state index in [0.717, 1.165) is 0 Å². The Kier molecular flexibility index (Phi) is 3.38. The molecule has 4 N–H and O–H groups in total. The molecule has 3 rings (SSSR count). The third-order valence-corrected chi connectivity index (χ3v) is 3.47. The number of nitrogens with zero attached hydrogens (tertiary/aromatic N) is 3. The second kappa shape index (κ2) is 5.36. The molecule has 0 spiro atoms. The van der Waals surface area contributed by atoms with Crippen molar-refractivity contribution in [3.05, 3.63) is 47.8 Å². The van der Waals surface area contributed by atoms with Crippen LogP contribution in [0.25, 0.3) is 11.4 Å². The predicted octanol–water partition coefficient (Wildman–Crippen LogP) is 1.61. The highest BCUT2D eigenvalue weighted by molar-refractivity contribution is 5.89. The fourth-order valence-corrected chi connectivity index (χ4v) is 2.38. The molecule has 2 aliphatic heterocycles. The van der Waals surface area contributed by atoms with Gasteiger partial charge >= 0.3 is 5.97 Å². The van der Waals surface area contributed by atoms with Crippen molar-refractivity contribution in [3.8, 4) is 17.3 Å². The number of aromatic hydroxyl groups is 1. The summed E-state index contributed by atoms with van der Waals surface area (Å²) < 4.78 is 1.54. The lowest BCUT2D eigenvalue weighted by atomic mass is 10.0. The molecular weight excluding hydrogens is 284 g/mol. The molecule has 0 fully saturated rings. The number of hydrogen-bond donors (Lipinski definition) is 3. The second-order valence-electron chi connectivity index (χ2n) is 4.89. The van der Waals surface area contributed by atoms with Gasteiger partial charge in [-0.1, -0.05) is 18.2 Å². The summed E-state index contributed by atoms with van der Waals surface area (Å²) in [6.45, 7) is 0.393. The number of nitrogens with two attached hydrogens (primary N) is 1. The summed E-state index contributed by atoms with van der Waals surface area (Å²) in [5.74, 6) is -0.266. The smallest absolute Gasteiger partial charge is 0.335 e. The molecule has 112 valence electrons. The Morgan fingerprint density at radius 2 is 2.09 bits per heavy atom. The summed E-state index contributed by atoms with van der Waals surface area (Å²) in [6, 6.07) is 8.35. The van der Waals surface area contributed by atoms with E-state index in [1.165, 1.54) is 6.33 Å². The zero-order chi connectivity index (χ0) is 15.7. The van der Waals surface area contributed by atoms with Gasteiger partial charge in [0.2, 0.25) is 5.88 Å². The maximum atomic E-state index is 11.2. The van der Waals surface area contributed by atoms with Crippen molar-refractivity contribution >= 4 is 11.8 Å². The third kappa shape index (κ3) is 2.44. The largest absolute Gasteiger partial charge is 0.494 e. The normalized spacial score (nSPS) is 10.9. The van der Waals surface area contributed by atoms with E-state index in [-0.39, 0.29) is 11.4 Å². The molecule has 0 bridgehead atoms. The van der Waals surface area contributed by atoms with E-state index in [1.54, 1.807) is 34.9 Å². The van der Waals surface area contributed by atoms with E-state index in [9.17, 15) is 15.0 Å². The van der Waals surface area contributed by atoms with Gasteiger partial charge in [-0.15, -0.1) is 0 Å². The Morgan fingerprint density at radius 1 is 1.32 bits per heavy atom. The van der Waals surface area contributed by atoms with E-state index in [1.807, 2.05) is 0 Å². The first-order valence-electron chi connectivity index (χ1n) is 6.68. The van der Waals surface area contributed by atoms with Gasteiger partial charge in [0.15, 0.2) is 5.82 Å². The van der Waals surface area contributed by atoms with Crippen LogP contribution in [-0.4, -0.2) is 30.7 Å². The molecule has 1 aromatic carbocycles. The van der Waals surface area contributed by atoms with E-state index < -0.39 is 5.97 Å². The first-order chi connectivity index (χ1) is 10.6. The number of rotatable bonds is 4. The van der Waals surface area contributed by atoms with Crippen molar-refractivity contribution < 1.29 is 15.0 Å². The molecule has 0 amide bonds. The summed E-state index contributed by atoms with van der Waals surface area (Å²) in [7, 11) is 0. The fraction of sp³-hybridized carbons (Fsp3) is 0.133. The number of hydrogen-bond acceptors (Lipinski definition) is 5. The maximum Gasteiger partial charge on any atom is 0.335 e. The minimum atomic E-state index is -0.966. The van der Waals surface area contributed by atoms with Crippen molar-refractivity contribution in [2.45, 2.75) is 13.0 Å². The molecular formula is C15H14N4O3. The van der Waals surface area contributed by atoms with Crippen LogP contribution in [0, 0.1) is 0 Å². The number of carboxylic acids is 1. The molecule has 0 atom stereocenters. The summed E-state index contributed by atoms with van der Waals surface area (Å²) in [6.07, 6.45) is 1.92. The lowest BCUT2D eigenvalue weighted by Gasteiger charge is -2.12. The number of benzene rings is 1. The maximum absolute atomic E-state index is 11.2. The van der Waals surface area contributed by atoms with Crippen LogP contribution in [-0.2, 0) is 13.0 Å². The van der Waals surface area contributed by atoms with Gasteiger partial charge < -0.3 is 20.5 Å². The van der Waals surface area contributed by atoms with Crippen LogP contribution in [0.5, 0.6) is 5.88 Å². The van der Waals surface area contributed by atoms with Gasteiger partial charge in [0.25, 0.3) is 0 Å². The highest BCUT2D eigenvalue weighted by Gasteiger charge is 2.16. The van der Waals surface area contributed by atoms with Gasteiger partial charge in [0.1, 0.15) is 5.82 Å². The van der Waals surface area contributed by atoms with E-state index in [2.05, 4.69) is 9.97 Å². The first-order valence-corrected chi connectivity index (χ1v) is 6.68. The number of carbonyl (C=O) groups is 1. The minimum Gasteiger partial charge on any atom is -0.494 e. The van der Waals surface area contributed by atoms with Gasteiger partial charge in [-0.3, -0.25) is 0 Å². The van der Waals surface area contributed by atoms with Crippen molar-refractivity contribution in [1.82, 2.24) is 14.5 Å². The van der Waals surface area contributed by atoms with Crippen molar-refractivity contribution in [2.24, 2.45) is 0 Å². The molecule has 0 aromatic heterocycles. The topological polar surface area (TPSA) is 114 Å². The number of anilines is 1. The molecule has 0 saturated carbocycles. The average molecular weight is 298 g/mol. The number of carboxylic acid groups (broad SMARTS) is 1. The number of aromatic nitrogens is 3. The Bertz CT molecular complexity index is 812. The minimum absolute atomic E-state index is 0.0157. The van der Waals surface area contributed by atoms with Crippen LogP contribution < -0.4 is 5.73 Å². The van der Waals surface area contributed by atoms with E-state index in [4.69, 9.17) is 5.73 Å². The lowest BCUT2D eigenvalue weighted by Crippen LogP contribution is -2.08. The highest BCUT2D eigenvalue weighted by Crippen LogP contribution is 2.30. The molecule has 22 heavy (non-hydrogen) atoms. The summed E-state index contributed by atoms with van der Waals surface area (Å²) in [5, 5.41) is 19.4. The molecule has 1 aromatic rings. The molecule has 0 saturated heterocycles. The van der Waals surface area contributed by atoms with Gasteiger partial charge in [0, 0.05) is 6.54 Å². The molecule has 0 unspecified atom stereocenters. The third-order valence-electron chi connectivity index (χ3n) is 3.47.